The Kier molecular flexibility index (Phi) is 5.59. The van der Waals surface area contributed by atoms with E-state index >= 15 is 0 Å². The molecule has 2 aromatic carbocycles. The number of nitrogens with one attached hydrogen (secondary N) is 2. The van der Waals surface area contributed by atoms with E-state index in [2.05, 4.69) is 26.6 Å². The van der Waals surface area contributed by atoms with Crippen LogP contribution < -0.4 is 10.6 Å². The number of halogens is 2. The molecule has 110 valence electrons. The zero-order valence-corrected chi connectivity index (χ0v) is 13.6. The molecule has 0 spiro atoms. The maximum absolute atomic E-state index is 12.0. The van der Waals surface area contributed by atoms with Crippen molar-refractivity contribution in [3.05, 3.63) is 69.8 Å². The third-order valence-electron chi connectivity index (χ3n) is 2.67. The van der Waals surface area contributed by atoms with Gasteiger partial charge in [-0.25, -0.2) is 0 Å². The molecule has 0 aliphatic carbocycles. The first-order valence-corrected chi connectivity index (χ1v) is 7.45. The normalized spacial score (nSPS) is 10.7. The molecule has 0 radical (unpaired) electrons. The van der Waals surface area contributed by atoms with Crippen molar-refractivity contribution in [1.82, 2.24) is 0 Å². The Morgan fingerprint density at radius 3 is 2.55 bits per heavy atom. The van der Waals surface area contributed by atoms with Gasteiger partial charge in [0.25, 0.3) is 5.91 Å². The molecule has 0 aliphatic heterocycles. The van der Waals surface area contributed by atoms with Crippen LogP contribution in [-0.4, -0.2) is 5.91 Å². The molecule has 0 unspecified atom stereocenters. The maximum atomic E-state index is 12.0. The summed E-state index contributed by atoms with van der Waals surface area (Å²) in [5.74, 6) is -0.487. The largest absolute Gasteiger partial charge is 0.360 e. The van der Waals surface area contributed by atoms with E-state index in [0.717, 1.165) is 4.47 Å². The van der Waals surface area contributed by atoms with Crippen LogP contribution >= 0.6 is 27.5 Å². The van der Waals surface area contributed by atoms with E-state index in [1.807, 2.05) is 6.07 Å². The molecular formula is C16H11BrClN3O. The lowest BCUT2D eigenvalue weighted by atomic mass is 10.2. The van der Waals surface area contributed by atoms with Gasteiger partial charge >= 0.3 is 0 Å². The molecule has 2 N–H and O–H groups in total. The molecule has 0 heterocycles. The fourth-order valence-corrected chi connectivity index (χ4v) is 2.07. The summed E-state index contributed by atoms with van der Waals surface area (Å²) in [5.41, 5.74) is 1.26. The Balaban J connectivity index is 2.07. The van der Waals surface area contributed by atoms with Gasteiger partial charge in [0.1, 0.15) is 11.6 Å². The van der Waals surface area contributed by atoms with Crippen molar-refractivity contribution < 1.29 is 4.79 Å². The number of nitrogens with zero attached hydrogens (tertiary/aromatic N) is 1. The smallest absolute Gasteiger partial charge is 0.267 e. The van der Waals surface area contributed by atoms with Crippen LogP contribution in [0.5, 0.6) is 0 Å². The SMILES string of the molecule is N#C/C(=C/Nc1cccc(Cl)c1)C(=O)Nc1ccc(Br)cc1. The minimum atomic E-state index is -0.487. The number of carbonyl (C=O) groups excluding carboxylic acids is 1. The third kappa shape index (κ3) is 4.62. The number of carbonyl (C=O) groups is 1. The zero-order chi connectivity index (χ0) is 15.9. The van der Waals surface area contributed by atoms with Crippen LogP contribution in [0.25, 0.3) is 0 Å². The first-order chi connectivity index (χ1) is 10.6. The van der Waals surface area contributed by atoms with Gasteiger partial charge < -0.3 is 10.6 Å². The van der Waals surface area contributed by atoms with Gasteiger partial charge in [0.15, 0.2) is 0 Å². The third-order valence-corrected chi connectivity index (χ3v) is 3.44. The van der Waals surface area contributed by atoms with Crippen molar-refractivity contribution in [3.8, 4) is 6.07 Å². The highest BCUT2D eigenvalue weighted by molar-refractivity contribution is 9.10. The lowest BCUT2D eigenvalue weighted by molar-refractivity contribution is -0.112. The quantitative estimate of drug-likeness (QED) is 0.607. The van der Waals surface area contributed by atoms with Gasteiger partial charge in [0.05, 0.1) is 0 Å². The van der Waals surface area contributed by atoms with Crippen molar-refractivity contribution in [2.75, 3.05) is 10.6 Å². The number of rotatable bonds is 4. The summed E-state index contributed by atoms with van der Waals surface area (Å²) in [5, 5.41) is 15.2. The van der Waals surface area contributed by atoms with Crippen LogP contribution in [0.1, 0.15) is 0 Å². The van der Waals surface area contributed by atoms with Crippen LogP contribution in [0, 0.1) is 11.3 Å². The van der Waals surface area contributed by atoms with E-state index in [-0.39, 0.29) is 5.57 Å². The van der Waals surface area contributed by atoms with Crippen molar-refractivity contribution in [2.24, 2.45) is 0 Å². The standard InChI is InChI=1S/C16H11BrClN3O/c17-12-4-6-14(7-5-12)21-16(22)11(9-19)10-20-15-3-1-2-13(18)8-15/h1-8,10,20H,(H,21,22)/b11-10-. The van der Waals surface area contributed by atoms with E-state index in [4.69, 9.17) is 16.9 Å². The molecule has 0 bridgehead atoms. The minimum Gasteiger partial charge on any atom is -0.360 e. The number of benzene rings is 2. The lowest BCUT2D eigenvalue weighted by Gasteiger charge is -2.05. The van der Waals surface area contributed by atoms with Crippen LogP contribution in [0.2, 0.25) is 5.02 Å². The average molecular weight is 377 g/mol. The van der Waals surface area contributed by atoms with Gasteiger partial charge in [-0.2, -0.15) is 5.26 Å². The monoisotopic (exact) mass is 375 g/mol. The summed E-state index contributed by atoms with van der Waals surface area (Å²) in [6.45, 7) is 0. The maximum Gasteiger partial charge on any atom is 0.267 e. The van der Waals surface area contributed by atoms with Gasteiger partial charge in [0, 0.05) is 27.1 Å². The Morgan fingerprint density at radius 1 is 1.18 bits per heavy atom. The molecular weight excluding hydrogens is 366 g/mol. The van der Waals surface area contributed by atoms with E-state index in [9.17, 15) is 4.79 Å². The molecule has 0 aliphatic rings. The van der Waals surface area contributed by atoms with E-state index in [1.165, 1.54) is 6.20 Å². The van der Waals surface area contributed by atoms with E-state index in [0.29, 0.717) is 16.4 Å². The fourth-order valence-electron chi connectivity index (χ4n) is 1.61. The predicted octanol–water partition coefficient (Wildman–Crippen LogP) is 4.56. The second kappa shape index (κ2) is 7.64. The molecule has 6 heteroatoms. The number of nitriles is 1. The molecule has 0 saturated heterocycles. The molecule has 1 amide bonds. The second-order valence-corrected chi connectivity index (χ2v) is 5.64. The second-order valence-electron chi connectivity index (χ2n) is 4.29. The Labute approximate surface area is 141 Å². The summed E-state index contributed by atoms with van der Waals surface area (Å²) in [7, 11) is 0. The van der Waals surface area contributed by atoms with Crippen molar-refractivity contribution in [2.45, 2.75) is 0 Å². The van der Waals surface area contributed by atoms with Crippen molar-refractivity contribution >= 4 is 44.8 Å². The Bertz CT molecular complexity index is 751. The number of anilines is 2. The fraction of sp³-hybridized carbons (Fsp3) is 0. The van der Waals surface area contributed by atoms with Gasteiger partial charge in [-0.05, 0) is 42.5 Å². The van der Waals surface area contributed by atoms with Gasteiger partial charge in [-0.1, -0.05) is 33.6 Å². The van der Waals surface area contributed by atoms with E-state index < -0.39 is 5.91 Å². The summed E-state index contributed by atoms with van der Waals surface area (Å²) < 4.78 is 0.907. The number of amides is 1. The Morgan fingerprint density at radius 2 is 1.91 bits per heavy atom. The van der Waals surface area contributed by atoms with Crippen LogP contribution in [0.4, 0.5) is 11.4 Å². The van der Waals surface area contributed by atoms with Crippen LogP contribution in [0.15, 0.2) is 64.8 Å². The summed E-state index contributed by atoms with van der Waals surface area (Å²) >= 11 is 9.18. The first-order valence-electron chi connectivity index (χ1n) is 6.28. The molecule has 0 fully saturated rings. The molecule has 2 aromatic rings. The summed E-state index contributed by atoms with van der Waals surface area (Å²) in [4.78, 5) is 12.0. The molecule has 0 saturated carbocycles. The Hall–Kier alpha value is -2.29. The van der Waals surface area contributed by atoms with Gasteiger partial charge in [-0.15, -0.1) is 0 Å². The summed E-state index contributed by atoms with van der Waals surface area (Å²) in [6.07, 6.45) is 1.35. The highest BCUT2D eigenvalue weighted by atomic mass is 79.9. The topological polar surface area (TPSA) is 64.9 Å². The van der Waals surface area contributed by atoms with Crippen molar-refractivity contribution in [3.63, 3.8) is 0 Å². The van der Waals surface area contributed by atoms with Crippen molar-refractivity contribution in [1.29, 1.82) is 5.26 Å². The van der Waals surface area contributed by atoms with Gasteiger partial charge in [0.2, 0.25) is 0 Å². The van der Waals surface area contributed by atoms with Gasteiger partial charge in [-0.3, -0.25) is 4.79 Å². The number of hydrogen-bond donors (Lipinski definition) is 2. The molecule has 0 aromatic heterocycles. The zero-order valence-electron chi connectivity index (χ0n) is 11.3. The van der Waals surface area contributed by atoms with Crippen LogP contribution in [-0.2, 0) is 4.79 Å². The first kappa shape index (κ1) is 16.1. The lowest BCUT2D eigenvalue weighted by Crippen LogP contribution is -2.14. The molecule has 22 heavy (non-hydrogen) atoms. The molecule has 4 nitrogen and oxygen atoms in total. The summed E-state index contributed by atoms with van der Waals surface area (Å²) in [6, 6.07) is 15.9. The number of hydrogen-bond acceptors (Lipinski definition) is 3. The molecule has 0 atom stereocenters. The highest BCUT2D eigenvalue weighted by Gasteiger charge is 2.09. The average Bonchev–Trinajstić information content (AvgIpc) is 2.50. The minimum absolute atomic E-state index is 0.0390. The van der Waals surface area contributed by atoms with E-state index in [1.54, 1.807) is 48.5 Å². The predicted molar refractivity (Wildman–Crippen MR) is 91.5 cm³/mol. The highest BCUT2D eigenvalue weighted by Crippen LogP contribution is 2.16. The molecule has 2 rings (SSSR count). The van der Waals surface area contributed by atoms with Crippen LogP contribution in [0.3, 0.4) is 0 Å².